The Morgan fingerprint density at radius 2 is 2.18 bits per heavy atom. The normalized spacial score (nSPS) is 24.2. The van der Waals surface area contributed by atoms with Gasteiger partial charge in [0.1, 0.15) is 6.10 Å². The van der Waals surface area contributed by atoms with Crippen LogP contribution < -0.4 is 0 Å². The van der Waals surface area contributed by atoms with Crippen molar-refractivity contribution in [2.24, 2.45) is 5.92 Å². The Bertz CT molecular complexity index is 224. The lowest BCUT2D eigenvalue weighted by Gasteiger charge is -2.17. The minimum Gasteiger partial charge on any atom is -0.381 e. The Hall–Kier alpha value is -0.890. The predicted octanol–water partition coefficient (Wildman–Crippen LogP) is 1.07. The van der Waals surface area contributed by atoms with Gasteiger partial charge in [0.25, 0.3) is 0 Å². The zero-order valence-corrected chi connectivity index (χ0v) is 6.74. The summed E-state index contributed by atoms with van der Waals surface area (Å²) in [6, 6.07) is 0. The lowest BCUT2D eigenvalue weighted by molar-refractivity contribution is -0.121. The molecule has 0 aromatic heterocycles. The summed E-state index contributed by atoms with van der Waals surface area (Å²) in [6.45, 7) is 3.92. The summed E-state index contributed by atoms with van der Waals surface area (Å²) in [7, 11) is 0. The maximum atomic E-state index is 10.9. The second-order valence-corrected chi connectivity index (χ2v) is 2.99. The van der Waals surface area contributed by atoms with E-state index in [1.807, 2.05) is 13.8 Å². The van der Waals surface area contributed by atoms with E-state index in [1.54, 1.807) is 12.2 Å². The molecule has 0 amide bonds. The third kappa shape index (κ3) is 1.57. The highest BCUT2D eigenvalue weighted by atomic mass is 16.3. The van der Waals surface area contributed by atoms with Crippen molar-refractivity contribution in [1.82, 2.24) is 0 Å². The second kappa shape index (κ2) is 3.01. The minimum absolute atomic E-state index is 0.212. The number of carbonyl (C=O) groups excluding carboxylic acids is 1. The molecule has 1 aliphatic carbocycles. The van der Waals surface area contributed by atoms with Gasteiger partial charge >= 0.3 is 0 Å². The van der Waals surface area contributed by atoms with E-state index in [0.717, 1.165) is 5.57 Å². The van der Waals surface area contributed by atoms with Gasteiger partial charge in [-0.05, 0) is 17.6 Å². The van der Waals surface area contributed by atoms with E-state index in [1.165, 1.54) is 6.08 Å². The van der Waals surface area contributed by atoms with Gasteiger partial charge in [-0.2, -0.15) is 0 Å². The van der Waals surface area contributed by atoms with Gasteiger partial charge in [0.05, 0.1) is 0 Å². The molecule has 60 valence electrons. The summed E-state index contributed by atoms with van der Waals surface area (Å²) in [5.41, 5.74) is 0.803. The molecular weight excluding hydrogens is 140 g/mol. The maximum Gasteiger partial charge on any atom is 0.188 e. The van der Waals surface area contributed by atoms with Crippen LogP contribution in [0.5, 0.6) is 0 Å². The summed E-state index contributed by atoms with van der Waals surface area (Å²) in [4.78, 5) is 10.9. The first-order valence-corrected chi connectivity index (χ1v) is 3.73. The van der Waals surface area contributed by atoms with Gasteiger partial charge in [0.15, 0.2) is 5.78 Å². The van der Waals surface area contributed by atoms with Crippen molar-refractivity contribution >= 4 is 5.78 Å². The van der Waals surface area contributed by atoms with Crippen LogP contribution in [0.25, 0.3) is 0 Å². The number of ketones is 1. The van der Waals surface area contributed by atoms with Gasteiger partial charge in [-0.25, -0.2) is 0 Å². The van der Waals surface area contributed by atoms with Crippen LogP contribution in [0, 0.1) is 5.92 Å². The molecule has 11 heavy (non-hydrogen) atoms. The van der Waals surface area contributed by atoms with Crippen molar-refractivity contribution in [3.8, 4) is 0 Å². The molecule has 0 saturated carbocycles. The summed E-state index contributed by atoms with van der Waals surface area (Å²) < 4.78 is 0. The standard InChI is InChI=1S/C9H12O2/c1-6(2)7-4-3-5-8(10)9(7)11/h3-6,9,11H,1-2H3. The van der Waals surface area contributed by atoms with Gasteiger partial charge in [-0.3, -0.25) is 4.79 Å². The van der Waals surface area contributed by atoms with Crippen molar-refractivity contribution in [3.05, 3.63) is 23.8 Å². The van der Waals surface area contributed by atoms with Gasteiger partial charge < -0.3 is 5.11 Å². The van der Waals surface area contributed by atoms with Crippen molar-refractivity contribution < 1.29 is 9.90 Å². The summed E-state index contributed by atoms with van der Waals surface area (Å²) in [6.07, 6.45) is 3.98. The van der Waals surface area contributed by atoms with Crippen LogP contribution in [0.1, 0.15) is 13.8 Å². The highest BCUT2D eigenvalue weighted by Crippen LogP contribution is 2.18. The van der Waals surface area contributed by atoms with E-state index in [9.17, 15) is 9.90 Å². The van der Waals surface area contributed by atoms with Crippen molar-refractivity contribution in [2.45, 2.75) is 20.0 Å². The zero-order valence-electron chi connectivity index (χ0n) is 6.74. The van der Waals surface area contributed by atoms with Crippen LogP contribution in [0.4, 0.5) is 0 Å². The number of hydrogen-bond acceptors (Lipinski definition) is 2. The molecule has 0 radical (unpaired) electrons. The van der Waals surface area contributed by atoms with Crippen molar-refractivity contribution in [1.29, 1.82) is 0 Å². The minimum atomic E-state index is -0.903. The third-order valence-corrected chi connectivity index (χ3v) is 1.80. The molecule has 0 aromatic carbocycles. The number of rotatable bonds is 1. The highest BCUT2D eigenvalue weighted by molar-refractivity contribution is 5.97. The molecule has 0 fully saturated rings. The quantitative estimate of drug-likeness (QED) is 0.610. The average Bonchev–Trinajstić information content (AvgIpc) is 1.94. The number of allylic oxidation sites excluding steroid dienone is 2. The van der Waals surface area contributed by atoms with E-state index in [-0.39, 0.29) is 11.7 Å². The van der Waals surface area contributed by atoms with Crippen LogP contribution in [0.3, 0.4) is 0 Å². The Labute approximate surface area is 66.2 Å². The Kier molecular flexibility index (Phi) is 2.25. The van der Waals surface area contributed by atoms with Crippen LogP contribution in [0.2, 0.25) is 0 Å². The first-order chi connectivity index (χ1) is 5.13. The molecule has 0 aromatic rings. The Morgan fingerprint density at radius 1 is 1.55 bits per heavy atom. The second-order valence-electron chi connectivity index (χ2n) is 2.99. The van der Waals surface area contributed by atoms with Gasteiger partial charge in [-0.1, -0.05) is 26.0 Å². The van der Waals surface area contributed by atoms with E-state index < -0.39 is 6.10 Å². The van der Waals surface area contributed by atoms with Crippen LogP contribution in [-0.4, -0.2) is 17.0 Å². The molecule has 1 atom stereocenters. The molecule has 1 rings (SSSR count). The molecule has 0 saturated heterocycles. The molecule has 0 spiro atoms. The monoisotopic (exact) mass is 152 g/mol. The maximum absolute atomic E-state index is 10.9. The lowest BCUT2D eigenvalue weighted by atomic mass is 9.92. The zero-order chi connectivity index (χ0) is 8.43. The fraction of sp³-hybridized carbons (Fsp3) is 0.444. The van der Waals surface area contributed by atoms with Crippen LogP contribution >= 0.6 is 0 Å². The molecule has 1 aliphatic rings. The molecule has 0 heterocycles. The van der Waals surface area contributed by atoms with Crippen molar-refractivity contribution in [3.63, 3.8) is 0 Å². The number of aliphatic hydroxyl groups excluding tert-OH is 1. The lowest BCUT2D eigenvalue weighted by Crippen LogP contribution is -2.25. The van der Waals surface area contributed by atoms with E-state index >= 15 is 0 Å². The third-order valence-electron chi connectivity index (χ3n) is 1.80. The molecule has 1 N–H and O–H groups in total. The fourth-order valence-electron chi connectivity index (χ4n) is 1.11. The molecular formula is C9H12O2. The molecule has 1 unspecified atom stereocenters. The largest absolute Gasteiger partial charge is 0.381 e. The number of carbonyl (C=O) groups is 1. The molecule has 0 bridgehead atoms. The van der Waals surface area contributed by atoms with Gasteiger partial charge in [-0.15, -0.1) is 0 Å². The summed E-state index contributed by atoms with van der Waals surface area (Å²) in [5.74, 6) is 0.0232. The smallest absolute Gasteiger partial charge is 0.188 e. The molecule has 0 aliphatic heterocycles. The Morgan fingerprint density at radius 3 is 2.64 bits per heavy atom. The van der Waals surface area contributed by atoms with E-state index in [2.05, 4.69) is 0 Å². The highest BCUT2D eigenvalue weighted by Gasteiger charge is 2.21. The molecule has 2 nitrogen and oxygen atoms in total. The average molecular weight is 152 g/mol. The first-order valence-electron chi connectivity index (χ1n) is 3.73. The fourth-order valence-corrected chi connectivity index (χ4v) is 1.11. The molecule has 2 heteroatoms. The van der Waals surface area contributed by atoms with Gasteiger partial charge in [0, 0.05) is 0 Å². The van der Waals surface area contributed by atoms with E-state index in [0.29, 0.717) is 0 Å². The summed E-state index contributed by atoms with van der Waals surface area (Å²) in [5, 5.41) is 9.34. The SMILES string of the molecule is CC(C)C1=CC=CC(=O)C1O. The predicted molar refractivity (Wildman–Crippen MR) is 43.1 cm³/mol. The topological polar surface area (TPSA) is 37.3 Å². The number of aliphatic hydroxyl groups is 1. The number of hydrogen-bond donors (Lipinski definition) is 1. The van der Waals surface area contributed by atoms with Gasteiger partial charge in [0.2, 0.25) is 0 Å². The van der Waals surface area contributed by atoms with Crippen LogP contribution in [-0.2, 0) is 4.79 Å². The first kappa shape index (κ1) is 8.21. The van der Waals surface area contributed by atoms with Crippen molar-refractivity contribution in [2.75, 3.05) is 0 Å². The Balaban J connectivity index is 2.87. The van der Waals surface area contributed by atoms with E-state index in [4.69, 9.17) is 0 Å². The summed E-state index contributed by atoms with van der Waals surface area (Å²) >= 11 is 0. The van der Waals surface area contributed by atoms with Crippen LogP contribution in [0.15, 0.2) is 23.8 Å².